The zero-order chi connectivity index (χ0) is 10.8. The van der Waals surface area contributed by atoms with E-state index in [1.54, 1.807) is 6.20 Å². The number of hydrogen-bond donors (Lipinski definition) is 2. The molecule has 16 heavy (non-hydrogen) atoms. The quantitative estimate of drug-likeness (QED) is 0.669. The van der Waals surface area contributed by atoms with Crippen LogP contribution in [0.1, 0.15) is 11.4 Å². The number of nitrogens with one attached hydrogen (secondary N) is 2. The van der Waals surface area contributed by atoms with Crippen LogP contribution in [0.3, 0.4) is 0 Å². The van der Waals surface area contributed by atoms with Crippen LogP contribution in [0.2, 0.25) is 0 Å². The average Bonchev–Trinajstić information content (AvgIpc) is 2.95. The summed E-state index contributed by atoms with van der Waals surface area (Å²) in [5, 5.41) is 8.01. The van der Waals surface area contributed by atoms with Crippen LogP contribution < -0.4 is 0 Å². The maximum Gasteiger partial charge on any atom is 0.0578 e. The molecule has 0 saturated heterocycles. The minimum Gasteiger partial charge on any atom is -0.355 e. The Kier molecular flexibility index (Phi) is 2.07. The van der Waals surface area contributed by atoms with Gasteiger partial charge in [0.05, 0.1) is 5.69 Å². The molecule has 3 heteroatoms. The van der Waals surface area contributed by atoms with E-state index in [2.05, 4.69) is 33.4 Å². The van der Waals surface area contributed by atoms with Gasteiger partial charge in [-0.2, -0.15) is 5.10 Å². The average molecular weight is 209 g/mol. The fourth-order valence-corrected chi connectivity index (χ4v) is 1.72. The number of rotatable bonds is 2. The Bertz CT molecular complexity index is 584. The standard InChI is InChI=1S/C13H11N3/c1-2-4-13-10(3-1)9-12(15-13)6-5-11-7-8-14-16-11/h1-9,15H,(H,14,16). The third-order valence-corrected chi connectivity index (χ3v) is 2.52. The fraction of sp³-hybridized carbons (Fsp3) is 0. The molecular formula is C13H11N3. The Morgan fingerprint density at radius 1 is 1.00 bits per heavy atom. The molecule has 78 valence electrons. The molecule has 3 rings (SSSR count). The minimum atomic E-state index is 0.999. The third-order valence-electron chi connectivity index (χ3n) is 2.52. The Morgan fingerprint density at radius 3 is 2.69 bits per heavy atom. The number of nitrogens with zero attached hydrogens (tertiary/aromatic N) is 1. The van der Waals surface area contributed by atoms with E-state index >= 15 is 0 Å². The van der Waals surface area contributed by atoms with Gasteiger partial charge in [-0.3, -0.25) is 5.10 Å². The number of hydrogen-bond acceptors (Lipinski definition) is 1. The van der Waals surface area contributed by atoms with Crippen LogP contribution >= 0.6 is 0 Å². The van der Waals surface area contributed by atoms with Crippen LogP contribution in [-0.4, -0.2) is 15.2 Å². The summed E-state index contributed by atoms with van der Waals surface area (Å²) in [4.78, 5) is 3.34. The lowest BCUT2D eigenvalue weighted by molar-refractivity contribution is 1.08. The van der Waals surface area contributed by atoms with Gasteiger partial charge in [0.1, 0.15) is 0 Å². The van der Waals surface area contributed by atoms with Crippen molar-refractivity contribution in [2.75, 3.05) is 0 Å². The largest absolute Gasteiger partial charge is 0.355 e. The van der Waals surface area contributed by atoms with Gasteiger partial charge in [0.25, 0.3) is 0 Å². The third kappa shape index (κ3) is 1.63. The second-order valence-electron chi connectivity index (χ2n) is 3.66. The molecule has 0 amide bonds. The lowest BCUT2D eigenvalue weighted by Crippen LogP contribution is -1.72. The molecule has 0 spiro atoms. The second kappa shape index (κ2) is 3.70. The predicted molar refractivity (Wildman–Crippen MR) is 65.8 cm³/mol. The Labute approximate surface area is 92.8 Å². The van der Waals surface area contributed by atoms with Gasteiger partial charge in [0, 0.05) is 17.4 Å². The first kappa shape index (κ1) is 8.97. The van der Waals surface area contributed by atoms with Crippen molar-refractivity contribution < 1.29 is 0 Å². The molecule has 0 atom stereocenters. The van der Waals surface area contributed by atoms with E-state index in [0.29, 0.717) is 0 Å². The van der Waals surface area contributed by atoms with Crippen molar-refractivity contribution in [2.24, 2.45) is 0 Å². The van der Waals surface area contributed by atoms with Crippen LogP contribution in [0.5, 0.6) is 0 Å². The Balaban J connectivity index is 1.95. The van der Waals surface area contributed by atoms with E-state index in [1.165, 1.54) is 5.39 Å². The van der Waals surface area contributed by atoms with E-state index in [4.69, 9.17) is 0 Å². The summed E-state index contributed by atoms with van der Waals surface area (Å²) in [5.41, 5.74) is 3.25. The highest BCUT2D eigenvalue weighted by Gasteiger charge is 1.96. The summed E-state index contributed by atoms with van der Waals surface area (Å²) >= 11 is 0. The molecule has 0 aliphatic heterocycles. The van der Waals surface area contributed by atoms with Gasteiger partial charge in [-0.15, -0.1) is 0 Å². The van der Waals surface area contributed by atoms with Crippen molar-refractivity contribution in [3.05, 3.63) is 54.0 Å². The SMILES string of the molecule is C(=Cc1cc2ccccc2[nH]1)c1ccn[nH]1. The van der Waals surface area contributed by atoms with Crippen LogP contribution in [0.25, 0.3) is 23.1 Å². The van der Waals surface area contributed by atoms with Crippen molar-refractivity contribution in [3.63, 3.8) is 0 Å². The number of H-pyrrole nitrogens is 2. The monoisotopic (exact) mass is 209 g/mol. The lowest BCUT2D eigenvalue weighted by Gasteiger charge is -1.85. The smallest absolute Gasteiger partial charge is 0.0578 e. The van der Waals surface area contributed by atoms with E-state index < -0.39 is 0 Å². The summed E-state index contributed by atoms with van der Waals surface area (Å²) < 4.78 is 0. The summed E-state index contributed by atoms with van der Waals surface area (Å²) in [6.07, 6.45) is 5.77. The first-order valence-electron chi connectivity index (χ1n) is 5.17. The van der Waals surface area contributed by atoms with Gasteiger partial charge in [0.15, 0.2) is 0 Å². The molecule has 3 aromatic rings. The molecular weight excluding hydrogens is 198 g/mol. The van der Waals surface area contributed by atoms with E-state index in [0.717, 1.165) is 16.9 Å². The molecule has 0 saturated carbocycles. The molecule has 0 fully saturated rings. The highest BCUT2D eigenvalue weighted by Crippen LogP contribution is 2.16. The molecule has 2 heterocycles. The van der Waals surface area contributed by atoms with Crippen molar-refractivity contribution in [1.82, 2.24) is 15.2 Å². The van der Waals surface area contributed by atoms with Crippen LogP contribution in [0, 0.1) is 0 Å². The molecule has 0 unspecified atom stereocenters. The van der Waals surface area contributed by atoms with Gasteiger partial charge in [-0.1, -0.05) is 18.2 Å². The van der Waals surface area contributed by atoms with Crippen molar-refractivity contribution in [3.8, 4) is 0 Å². The summed E-state index contributed by atoms with van der Waals surface area (Å²) in [6.45, 7) is 0. The second-order valence-corrected chi connectivity index (χ2v) is 3.66. The van der Waals surface area contributed by atoms with Gasteiger partial charge in [-0.05, 0) is 35.7 Å². The minimum absolute atomic E-state index is 0.999. The molecule has 0 aliphatic rings. The molecule has 1 aromatic carbocycles. The summed E-state index contributed by atoms with van der Waals surface area (Å²) in [5.74, 6) is 0. The van der Waals surface area contributed by atoms with Gasteiger partial charge < -0.3 is 4.98 Å². The van der Waals surface area contributed by atoms with Crippen molar-refractivity contribution >= 4 is 23.1 Å². The maximum absolute atomic E-state index is 3.89. The van der Waals surface area contributed by atoms with Gasteiger partial charge in [-0.25, -0.2) is 0 Å². The Morgan fingerprint density at radius 2 is 1.88 bits per heavy atom. The number of benzene rings is 1. The number of fused-ring (bicyclic) bond motifs is 1. The first-order valence-corrected chi connectivity index (χ1v) is 5.17. The zero-order valence-corrected chi connectivity index (χ0v) is 8.64. The highest BCUT2D eigenvalue weighted by molar-refractivity contribution is 5.84. The number of aromatic amines is 2. The fourth-order valence-electron chi connectivity index (χ4n) is 1.72. The van der Waals surface area contributed by atoms with Crippen LogP contribution in [-0.2, 0) is 0 Å². The van der Waals surface area contributed by atoms with Crippen molar-refractivity contribution in [1.29, 1.82) is 0 Å². The molecule has 0 bridgehead atoms. The molecule has 0 radical (unpaired) electrons. The van der Waals surface area contributed by atoms with Crippen LogP contribution in [0.15, 0.2) is 42.6 Å². The highest BCUT2D eigenvalue weighted by atomic mass is 15.1. The predicted octanol–water partition coefficient (Wildman–Crippen LogP) is 3.06. The van der Waals surface area contributed by atoms with E-state index in [9.17, 15) is 0 Å². The maximum atomic E-state index is 3.89. The molecule has 2 N–H and O–H groups in total. The van der Waals surface area contributed by atoms with Gasteiger partial charge in [0.2, 0.25) is 0 Å². The number of para-hydroxylation sites is 1. The first-order chi connectivity index (χ1) is 7.92. The number of aromatic nitrogens is 3. The van der Waals surface area contributed by atoms with E-state index in [-0.39, 0.29) is 0 Å². The summed E-state index contributed by atoms with van der Waals surface area (Å²) in [6, 6.07) is 12.3. The molecule has 0 aliphatic carbocycles. The topological polar surface area (TPSA) is 44.5 Å². The van der Waals surface area contributed by atoms with Gasteiger partial charge >= 0.3 is 0 Å². The molecule has 2 aromatic heterocycles. The molecule has 3 nitrogen and oxygen atoms in total. The zero-order valence-electron chi connectivity index (χ0n) is 8.64. The Hall–Kier alpha value is -2.29. The summed E-state index contributed by atoms with van der Waals surface area (Å²) in [7, 11) is 0. The van der Waals surface area contributed by atoms with Crippen LogP contribution in [0.4, 0.5) is 0 Å². The lowest BCUT2D eigenvalue weighted by atomic mass is 10.2. The van der Waals surface area contributed by atoms with E-state index in [1.807, 2.05) is 30.4 Å². The normalized spacial score (nSPS) is 11.5. The van der Waals surface area contributed by atoms with Crippen molar-refractivity contribution in [2.45, 2.75) is 0 Å².